The SMILES string of the molecule is CO[C@@H]1O[C@H]2CC[C@H]3[C@H]2[C@H]2[C@H]4[C@H]5[C@H]6[C@@H]7[C@@H](CC[C@H]7O[C@@H](OC)[C@@]6(O)[C@@H]34)[C@@H]5[C@@]12O. The van der Waals surface area contributed by atoms with Crippen LogP contribution >= 0.6 is 0 Å². The molecule has 2 N–H and O–H groups in total. The van der Waals surface area contributed by atoms with E-state index in [1.807, 2.05) is 0 Å². The van der Waals surface area contributed by atoms with Crippen LogP contribution in [0, 0.1) is 59.2 Å². The van der Waals surface area contributed by atoms with Crippen molar-refractivity contribution in [3.05, 3.63) is 0 Å². The fourth-order valence-corrected chi connectivity index (χ4v) is 11.3. The van der Waals surface area contributed by atoms with Crippen LogP contribution in [0.5, 0.6) is 0 Å². The number of aliphatic hydroxyl groups is 2. The van der Waals surface area contributed by atoms with Crippen molar-refractivity contribution in [2.45, 2.75) is 61.7 Å². The van der Waals surface area contributed by atoms with E-state index in [2.05, 4.69) is 0 Å². The van der Waals surface area contributed by atoms with Crippen LogP contribution in [0.3, 0.4) is 0 Å². The van der Waals surface area contributed by atoms with Gasteiger partial charge in [-0.05, 0) is 73.0 Å². The maximum atomic E-state index is 12.4. The zero-order valence-electron chi connectivity index (χ0n) is 16.4. The van der Waals surface area contributed by atoms with Crippen molar-refractivity contribution in [1.29, 1.82) is 0 Å². The molecule has 8 aliphatic rings. The van der Waals surface area contributed by atoms with Gasteiger partial charge in [-0.15, -0.1) is 0 Å². The third kappa shape index (κ3) is 1.31. The molecule has 0 aromatic carbocycles. The molecule has 0 aromatic rings. The van der Waals surface area contributed by atoms with Gasteiger partial charge in [-0.1, -0.05) is 0 Å². The highest BCUT2D eigenvalue weighted by atomic mass is 16.7. The first-order valence-corrected chi connectivity index (χ1v) is 11.4. The third-order valence-electron chi connectivity index (χ3n) is 11.2. The van der Waals surface area contributed by atoms with Gasteiger partial charge in [0.2, 0.25) is 0 Å². The fraction of sp³-hybridized carbons (Fsp3) is 1.00. The quantitative estimate of drug-likeness (QED) is 0.733. The Morgan fingerprint density at radius 2 is 1.07 bits per heavy atom. The lowest BCUT2D eigenvalue weighted by molar-refractivity contribution is -0.317. The summed E-state index contributed by atoms with van der Waals surface area (Å²) in [5, 5.41) is 24.7. The Morgan fingerprint density at radius 3 is 1.46 bits per heavy atom. The first-order chi connectivity index (χ1) is 13.6. The average Bonchev–Trinajstić information content (AvgIpc) is 3.44. The summed E-state index contributed by atoms with van der Waals surface area (Å²) < 4.78 is 24.6. The zero-order valence-corrected chi connectivity index (χ0v) is 16.4. The highest BCUT2D eigenvalue weighted by molar-refractivity contribution is 5.35. The van der Waals surface area contributed by atoms with Crippen molar-refractivity contribution in [1.82, 2.24) is 0 Å². The van der Waals surface area contributed by atoms with E-state index in [1.54, 1.807) is 14.2 Å². The van der Waals surface area contributed by atoms with Crippen LogP contribution in [-0.4, -0.2) is 60.4 Å². The molecule has 28 heavy (non-hydrogen) atoms. The van der Waals surface area contributed by atoms with E-state index in [9.17, 15) is 10.2 Å². The average molecular weight is 390 g/mol. The van der Waals surface area contributed by atoms with Crippen LogP contribution in [0.2, 0.25) is 0 Å². The van der Waals surface area contributed by atoms with Gasteiger partial charge in [-0.2, -0.15) is 0 Å². The largest absolute Gasteiger partial charge is 0.384 e. The maximum Gasteiger partial charge on any atom is 0.186 e. The van der Waals surface area contributed by atoms with Crippen LogP contribution in [0.1, 0.15) is 25.7 Å². The Hall–Kier alpha value is -0.240. The van der Waals surface area contributed by atoms with Gasteiger partial charge in [-0.3, -0.25) is 0 Å². The lowest BCUT2D eigenvalue weighted by Gasteiger charge is -2.51. The van der Waals surface area contributed by atoms with Gasteiger partial charge in [0.25, 0.3) is 0 Å². The molecular weight excluding hydrogens is 360 g/mol. The van der Waals surface area contributed by atoms with E-state index in [0.717, 1.165) is 25.7 Å². The van der Waals surface area contributed by atoms with Crippen molar-refractivity contribution < 1.29 is 29.2 Å². The number of ether oxygens (including phenoxy) is 4. The molecule has 0 unspecified atom stereocenters. The van der Waals surface area contributed by atoms with Gasteiger partial charge >= 0.3 is 0 Å². The Labute approximate surface area is 164 Å². The second kappa shape index (κ2) is 4.66. The van der Waals surface area contributed by atoms with Gasteiger partial charge in [0.05, 0.1) is 12.2 Å². The minimum atomic E-state index is -0.913. The number of fused-ring (bicyclic) bond motifs is 4. The summed E-state index contributed by atoms with van der Waals surface area (Å²) in [4.78, 5) is 0. The molecule has 2 saturated heterocycles. The molecule has 2 aliphatic heterocycles. The number of methoxy groups -OCH3 is 2. The van der Waals surface area contributed by atoms with Crippen molar-refractivity contribution >= 4 is 0 Å². The summed E-state index contributed by atoms with van der Waals surface area (Å²) in [5.74, 6) is 2.90. The molecule has 6 saturated carbocycles. The van der Waals surface area contributed by atoms with Crippen LogP contribution in [0.25, 0.3) is 0 Å². The van der Waals surface area contributed by atoms with Crippen molar-refractivity contribution in [3.63, 3.8) is 0 Å². The summed E-state index contributed by atoms with van der Waals surface area (Å²) in [6, 6.07) is 0. The molecule has 0 bridgehead atoms. The molecule has 16 atom stereocenters. The van der Waals surface area contributed by atoms with Crippen LogP contribution in [0.4, 0.5) is 0 Å². The molecule has 2 heterocycles. The van der Waals surface area contributed by atoms with Gasteiger partial charge < -0.3 is 29.2 Å². The highest BCUT2D eigenvalue weighted by Crippen LogP contribution is 2.84. The molecule has 6 heteroatoms. The van der Waals surface area contributed by atoms with Gasteiger partial charge in [-0.25, -0.2) is 0 Å². The first-order valence-electron chi connectivity index (χ1n) is 11.4. The Bertz CT molecular complexity index is 697. The molecule has 6 aliphatic carbocycles. The van der Waals surface area contributed by atoms with E-state index in [4.69, 9.17) is 18.9 Å². The number of hydrogen-bond acceptors (Lipinski definition) is 6. The van der Waals surface area contributed by atoms with Gasteiger partial charge in [0.1, 0.15) is 11.2 Å². The normalized spacial score (nSPS) is 74.1. The zero-order chi connectivity index (χ0) is 18.7. The number of rotatable bonds is 2. The lowest BCUT2D eigenvalue weighted by Crippen LogP contribution is -2.62. The van der Waals surface area contributed by atoms with Gasteiger partial charge in [0.15, 0.2) is 12.6 Å². The first kappa shape index (κ1) is 16.5. The Morgan fingerprint density at radius 1 is 0.643 bits per heavy atom. The molecule has 8 fully saturated rings. The van der Waals surface area contributed by atoms with Crippen molar-refractivity contribution in [2.24, 2.45) is 59.2 Å². The monoisotopic (exact) mass is 390 g/mol. The summed E-state index contributed by atoms with van der Waals surface area (Å²) in [7, 11) is 3.38. The van der Waals surface area contributed by atoms with Crippen LogP contribution in [0.15, 0.2) is 0 Å². The summed E-state index contributed by atoms with van der Waals surface area (Å²) in [5.41, 5.74) is -1.83. The van der Waals surface area contributed by atoms with Crippen molar-refractivity contribution in [2.75, 3.05) is 14.2 Å². The molecule has 0 radical (unpaired) electrons. The fourth-order valence-electron chi connectivity index (χ4n) is 11.3. The van der Waals surface area contributed by atoms with Crippen LogP contribution in [-0.2, 0) is 18.9 Å². The summed E-state index contributed by atoms with van der Waals surface area (Å²) >= 11 is 0. The standard InChI is InChI=1S/C22H30O6/c1-25-19-21(23)15-7-4-6-10-12(7)18-13(15)14-16(22(18,24)20(26-2)28-10)8-3-5-9(27-19)11(8)17(14)21/h7-20,23-24H,3-6H2,1-2H3/t7-,8+,9+,10-,11-,12-,13-,14+,15+,16+,17+,18-,19-,20-,21+,22-/m1/s1. The Kier molecular flexibility index (Phi) is 2.74. The van der Waals surface area contributed by atoms with E-state index in [0.29, 0.717) is 35.5 Å². The highest BCUT2D eigenvalue weighted by Gasteiger charge is 2.89. The molecule has 6 nitrogen and oxygen atoms in total. The summed E-state index contributed by atoms with van der Waals surface area (Å²) in [6.45, 7) is 0. The van der Waals surface area contributed by atoms with E-state index in [-0.39, 0.29) is 35.9 Å². The molecule has 154 valence electrons. The van der Waals surface area contributed by atoms with E-state index >= 15 is 0 Å². The smallest absolute Gasteiger partial charge is 0.186 e. The topological polar surface area (TPSA) is 77.4 Å². The lowest BCUT2D eigenvalue weighted by atomic mass is 9.67. The van der Waals surface area contributed by atoms with Crippen molar-refractivity contribution in [3.8, 4) is 0 Å². The molecule has 0 amide bonds. The summed E-state index contributed by atoms with van der Waals surface area (Å²) in [6.07, 6.45) is 3.41. The minimum Gasteiger partial charge on any atom is -0.384 e. The predicted molar refractivity (Wildman–Crippen MR) is 94.6 cm³/mol. The minimum absolute atomic E-state index is 0.157. The van der Waals surface area contributed by atoms with E-state index in [1.165, 1.54) is 0 Å². The second-order valence-corrected chi connectivity index (χ2v) is 11.2. The van der Waals surface area contributed by atoms with Crippen LogP contribution < -0.4 is 0 Å². The Balaban J connectivity index is 1.41. The van der Waals surface area contributed by atoms with E-state index < -0.39 is 23.8 Å². The molecular formula is C22H30O6. The molecule has 0 spiro atoms. The number of hydrogen-bond donors (Lipinski definition) is 2. The molecule has 0 aromatic heterocycles. The molecule has 8 rings (SSSR count). The third-order valence-corrected chi connectivity index (χ3v) is 11.2. The van der Waals surface area contributed by atoms with Gasteiger partial charge in [0, 0.05) is 26.1 Å². The maximum absolute atomic E-state index is 12.4. The second-order valence-electron chi connectivity index (χ2n) is 11.2. The predicted octanol–water partition coefficient (Wildman–Crippen LogP) is 0.995.